The van der Waals surface area contributed by atoms with E-state index in [1.807, 2.05) is 0 Å². The predicted molar refractivity (Wildman–Crippen MR) is 90.9 cm³/mol. The molecule has 1 saturated carbocycles. The zero-order valence-electron chi connectivity index (χ0n) is 13.7. The summed E-state index contributed by atoms with van der Waals surface area (Å²) < 4.78 is 3.23. The van der Waals surface area contributed by atoms with E-state index in [2.05, 4.69) is 58.8 Å². The molecule has 2 atom stereocenters. The number of aromatic nitrogens is 2. The van der Waals surface area contributed by atoms with Gasteiger partial charge in [-0.05, 0) is 54.0 Å². The number of nitrogens with one attached hydrogen (secondary N) is 1. The number of hydrazine groups is 1. The maximum atomic E-state index is 5.93. The van der Waals surface area contributed by atoms with Crippen molar-refractivity contribution in [3.8, 4) is 0 Å². The molecule has 0 spiro atoms. The molecule has 21 heavy (non-hydrogen) atoms. The van der Waals surface area contributed by atoms with Gasteiger partial charge in [-0.25, -0.2) is 0 Å². The van der Waals surface area contributed by atoms with Gasteiger partial charge in [-0.1, -0.05) is 26.7 Å². The minimum absolute atomic E-state index is 0.304. The number of hydrogen-bond donors (Lipinski definition) is 2. The molecule has 0 bridgehead atoms. The standard InChI is InChI=1S/C16H29BrN4/c1-5-21-14(15(17)11(2)20-21)10-13(19-18)12-8-6-7-9-16(12,3)4/h12-13,19H,5-10,18H2,1-4H3. The Morgan fingerprint density at radius 1 is 1.48 bits per heavy atom. The van der Waals surface area contributed by atoms with E-state index in [0.717, 1.165) is 23.1 Å². The van der Waals surface area contributed by atoms with Crippen LogP contribution >= 0.6 is 15.9 Å². The summed E-state index contributed by atoms with van der Waals surface area (Å²) in [5.74, 6) is 6.54. The zero-order chi connectivity index (χ0) is 15.6. The van der Waals surface area contributed by atoms with Crippen LogP contribution in [0.1, 0.15) is 57.8 Å². The Labute approximate surface area is 137 Å². The predicted octanol–water partition coefficient (Wildman–Crippen LogP) is 3.56. The van der Waals surface area contributed by atoms with Crippen LogP contribution in [0.15, 0.2) is 4.47 Å². The highest BCUT2D eigenvalue weighted by atomic mass is 79.9. The van der Waals surface area contributed by atoms with E-state index in [9.17, 15) is 0 Å². The molecular weight excluding hydrogens is 328 g/mol. The summed E-state index contributed by atoms with van der Waals surface area (Å²) >= 11 is 3.70. The topological polar surface area (TPSA) is 55.9 Å². The van der Waals surface area contributed by atoms with Gasteiger partial charge in [0.2, 0.25) is 0 Å². The van der Waals surface area contributed by atoms with Crippen molar-refractivity contribution in [1.82, 2.24) is 15.2 Å². The van der Waals surface area contributed by atoms with Crippen molar-refractivity contribution in [2.45, 2.75) is 72.4 Å². The minimum atomic E-state index is 0.304. The molecule has 1 aliphatic rings. The highest BCUT2D eigenvalue weighted by molar-refractivity contribution is 9.10. The molecule has 1 fully saturated rings. The van der Waals surface area contributed by atoms with Crippen molar-refractivity contribution in [3.05, 3.63) is 15.9 Å². The highest BCUT2D eigenvalue weighted by Gasteiger charge is 2.37. The smallest absolute Gasteiger partial charge is 0.0738 e. The molecule has 1 aromatic heterocycles. The monoisotopic (exact) mass is 356 g/mol. The lowest BCUT2D eigenvalue weighted by molar-refractivity contribution is 0.0973. The van der Waals surface area contributed by atoms with Crippen LogP contribution in [-0.2, 0) is 13.0 Å². The second-order valence-electron chi connectivity index (χ2n) is 6.98. The van der Waals surface area contributed by atoms with Crippen LogP contribution in [-0.4, -0.2) is 15.8 Å². The number of rotatable bonds is 5. The van der Waals surface area contributed by atoms with Crippen LogP contribution in [0.4, 0.5) is 0 Å². The molecule has 120 valence electrons. The van der Waals surface area contributed by atoms with E-state index in [1.165, 1.54) is 31.4 Å². The Bertz CT molecular complexity index is 481. The van der Waals surface area contributed by atoms with Gasteiger partial charge in [0, 0.05) is 19.0 Å². The summed E-state index contributed by atoms with van der Waals surface area (Å²) in [6, 6.07) is 0.304. The van der Waals surface area contributed by atoms with Gasteiger partial charge in [0.1, 0.15) is 0 Å². The van der Waals surface area contributed by atoms with Gasteiger partial charge in [-0.15, -0.1) is 0 Å². The Kier molecular flexibility index (Phi) is 5.49. The first-order valence-corrected chi connectivity index (χ1v) is 8.88. The molecule has 1 aromatic rings. The molecule has 0 amide bonds. The van der Waals surface area contributed by atoms with Crippen molar-refractivity contribution in [2.24, 2.45) is 17.2 Å². The first-order chi connectivity index (χ1) is 9.90. The van der Waals surface area contributed by atoms with Crippen molar-refractivity contribution in [1.29, 1.82) is 0 Å². The molecule has 3 N–H and O–H groups in total. The summed E-state index contributed by atoms with van der Waals surface area (Å²) in [4.78, 5) is 0. The Hall–Kier alpha value is -0.390. The Morgan fingerprint density at radius 3 is 2.76 bits per heavy atom. The van der Waals surface area contributed by atoms with Gasteiger partial charge in [0.05, 0.1) is 15.9 Å². The normalized spacial score (nSPS) is 23.2. The van der Waals surface area contributed by atoms with Crippen molar-refractivity contribution in [3.63, 3.8) is 0 Å². The minimum Gasteiger partial charge on any atom is -0.271 e. The third-order valence-electron chi connectivity index (χ3n) is 5.16. The lowest BCUT2D eigenvalue weighted by Gasteiger charge is -2.43. The number of aryl methyl sites for hydroxylation is 2. The van der Waals surface area contributed by atoms with Crippen LogP contribution in [0.3, 0.4) is 0 Å². The number of hydrogen-bond acceptors (Lipinski definition) is 3. The van der Waals surface area contributed by atoms with Crippen LogP contribution in [0, 0.1) is 18.3 Å². The van der Waals surface area contributed by atoms with Crippen molar-refractivity contribution < 1.29 is 0 Å². The van der Waals surface area contributed by atoms with Gasteiger partial charge in [0.25, 0.3) is 0 Å². The zero-order valence-corrected chi connectivity index (χ0v) is 15.3. The fourth-order valence-corrected chi connectivity index (χ4v) is 4.30. The average Bonchev–Trinajstić information content (AvgIpc) is 2.72. The quantitative estimate of drug-likeness (QED) is 0.626. The molecule has 2 rings (SSSR count). The van der Waals surface area contributed by atoms with Crippen molar-refractivity contribution in [2.75, 3.05) is 0 Å². The van der Waals surface area contributed by atoms with E-state index < -0.39 is 0 Å². The number of halogens is 1. The largest absolute Gasteiger partial charge is 0.271 e. The van der Waals surface area contributed by atoms with Crippen LogP contribution in [0.25, 0.3) is 0 Å². The van der Waals surface area contributed by atoms with E-state index in [0.29, 0.717) is 17.4 Å². The molecule has 0 saturated heterocycles. The van der Waals surface area contributed by atoms with Crippen LogP contribution in [0.2, 0.25) is 0 Å². The van der Waals surface area contributed by atoms with Gasteiger partial charge < -0.3 is 0 Å². The molecule has 1 heterocycles. The van der Waals surface area contributed by atoms with Gasteiger partial charge in [-0.3, -0.25) is 16.0 Å². The maximum Gasteiger partial charge on any atom is 0.0738 e. The van der Waals surface area contributed by atoms with E-state index >= 15 is 0 Å². The van der Waals surface area contributed by atoms with Crippen LogP contribution in [0.5, 0.6) is 0 Å². The first-order valence-electron chi connectivity index (χ1n) is 8.08. The molecule has 1 aliphatic carbocycles. The Morgan fingerprint density at radius 2 is 2.19 bits per heavy atom. The fraction of sp³-hybridized carbons (Fsp3) is 0.812. The summed E-state index contributed by atoms with van der Waals surface area (Å²) in [7, 11) is 0. The SMILES string of the molecule is CCn1nc(C)c(Br)c1CC(NN)C1CCCCC1(C)C. The summed E-state index contributed by atoms with van der Waals surface area (Å²) in [6.07, 6.45) is 6.15. The molecular formula is C16H29BrN4. The second-order valence-corrected chi connectivity index (χ2v) is 7.77. The average molecular weight is 357 g/mol. The third-order valence-corrected chi connectivity index (χ3v) is 6.19. The molecule has 4 nitrogen and oxygen atoms in total. The molecule has 5 heteroatoms. The first kappa shape index (κ1) is 17.0. The van der Waals surface area contributed by atoms with E-state index in [-0.39, 0.29) is 0 Å². The molecule has 0 aromatic carbocycles. The van der Waals surface area contributed by atoms with E-state index in [4.69, 9.17) is 5.84 Å². The number of nitrogens with zero attached hydrogens (tertiary/aromatic N) is 2. The van der Waals surface area contributed by atoms with Gasteiger partial charge >= 0.3 is 0 Å². The lowest BCUT2D eigenvalue weighted by Crippen LogP contribution is -2.49. The third kappa shape index (κ3) is 3.51. The molecule has 0 radical (unpaired) electrons. The van der Waals surface area contributed by atoms with Gasteiger partial charge in [-0.2, -0.15) is 5.10 Å². The summed E-state index contributed by atoms with van der Waals surface area (Å²) in [5, 5.41) is 4.60. The van der Waals surface area contributed by atoms with Crippen molar-refractivity contribution >= 4 is 15.9 Å². The Balaban J connectivity index is 2.23. The lowest BCUT2D eigenvalue weighted by atomic mass is 9.65. The van der Waals surface area contributed by atoms with Crippen LogP contribution < -0.4 is 11.3 Å². The van der Waals surface area contributed by atoms with E-state index in [1.54, 1.807) is 0 Å². The summed E-state index contributed by atoms with van der Waals surface area (Å²) in [5.41, 5.74) is 5.78. The maximum absolute atomic E-state index is 5.93. The fourth-order valence-electron chi connectivity index (χ4n) is 3.86. The highest BCUT2D eigenvalue weighted by Crippen LogP contribution is 2.43. The molecule has 2 unspecified atom stereocenters. The molecule has 0 aliphatic heterocycles. The number of nitrogens with two attached hydrogens (primary N) is 1. The summed E-state index contributed by atoms with van der Waals surface area (Å²) in [6.45, 7) is 9.86. The second kappa shape index (κ2) is 6.80. The van der Waals surface area contributed by atoms with Gasteiger partial charge in [0.15, 0.2) is 0 Å².